The second kappa shape index (κ2) is 5.29. The zero-order valence-corrected chi connectivity index (χ0v) is 12.0. The standard InChI is InChI=1S/C14H24O4/c1-6-13(2,3)12(16)17-10-7-8-14(4,5)18-11(15)9-10/h10H,6-9H2,1-5H3. The van der Waals surface area contributed by atoms with E-state index in [1.807, 2.05) is 34.6 Å². The first-order valence-corrected chi connectivity index (χ1v) is 6.59. The number of carbonyl (C=O) groups excluding carboxylic acids is 2. The SMILES string of the molecule is CCC(C)(C)C(=O)OC1CCC(C)(C)OC(=O)C1. The maximum Gasteiger partial charge on any atom is 0.311 e. The average molecular weight is 256 g/mol. The van der Waals surface area contributed by atoms with E-state index in [1.54, 1.807) is 0 Å². The van der Waals surface area contributed by atoms with Crippen LogP contribution in [0.25, 0.3) is 0 Å². The number of cyclic esters (lactones) is 1. The minimum Gasteiger partial charge on any atom is -0.461 e. The Morgan fingerprint density at radius 3 is 2.67 bits per heavy atom. The van der Waals surface area contributed by atoms with E-state index in [-0.39, 0.29) is 24.5 Å². The number of hydrogen-bond acceptors (Lipinski definition) is 4. The Morgan fingerprint density at radius 2 is 2.11 bits per heavy atom. The Balaban J connectivity index is 2.63. The van der Waals surface area contributed by atoms with Crippen LogP contribution < -0.4 is 0 Å². The number of hydrogen-bond donors (Lipinski definition) is 0. The lowest BCUT2D eigenvalue weighted by Crippen LogP contribution is -2.30. The lowest BCUT2D eigenvalue weighted by molar-refractivity contribution is -0.163. The van der Waals surface area contributed by atoms with Gasteiger partial charge in [-0.3, -0.25) is 9.59 Å². The number of esters is 2. The molecule has 1 atom stereocenters. The quantitative estimate of drug-likeness (QED) is 0.729. The number of ether oxygens (including phenoxy) is 2. The molecule has 0 bridgehead atoms. The Bertz CT molecular complexity index is 331. The highest BCUT2D eigenvalue weighted by molar-refractivity contribution is 5.77. The lowest BCUT2D eigenvalue weighted by Gasteiger charge is -2.24. The van der Waals surface area contributed by atoms with Gasteiger partial charge < -0.3 is 9.47 Å². The van der Waals surface area contributed by atoms with E-state index < -0.39 is 11.0 Å². The van der Waals surface area contributed by atoms with Crippen LogP contribution in [-0.4, -0.2) is 23.6 Å². The second-order valence-electron chi connectivity index (χ2n) is 6.24. The van der Waals surface area contributed by atoms with Gasteiger partial charge in [0.2, 0.25) is 0 Å². The van der Waals surface area contributed by atoms with Crippen molar-refractivity contribution in [2.45, 2.75) is 72.0 Å². The number of rotatable bonds is 3. The first-order valence-electron chi connectivity index (χ1n) is 6.59. The summed E-state index contributed by atoms with van der Waals surface area (Å²) in [5.74, 6) is -0.521. The van der Waals surface area contributed by atoms with Crippen LogP contribution in [0.15, 0.2) is 0 Å². The van der Waals surface area contributed by atoms with Crippen molar-refractivity contribution >= 4 is 11.9 Å². The zero-order valence-electron chi connectivity index (χ0n) is 12.0. The molecule has 0 radical (unpaired) electrons. The highest BCUT2D eigenvalue weighted by Crippen LogP contribution is 2.28. The minimum absolute atomic E-state index is 0.162. The Hall–Kier alpha value is -1.06. The lowest BCUT2D eigenvalue weighted by atomic mass is 9.90. The van der Waals surface area contributed by atoms with Gasteiger partial charge in [-0.1, -0.05) is 6.92 Å². The van der Waals surface area contributed by atoms with Gasteiger partial charge in [0.05, 0.1) is 11.8 Å². The summed E-state index contributed by atoms with van der Waals surface area (Å²) < 4.78 is 10.7. The Morgan fingerprint density at radius 1 is 1.50 bits per heavy atom. The summed E-state index contributed by atoms with van der Waals surface area (Å²) in [6.45, 7) is 9.42. The summed E-state index contributed by atoms with van der Waals surface area (Å²) in [5.41, 5.74) is -0.954. The smallest absolute Gasteiger partial charge is 0.311 e. The second-order valence-corrected chi connectivity index (χ2v) is 6.24. The molecule has 1 aliphatic heterocycles. The summed E-state index contributed by atoms with van der Waals surface area (Å²) in [6, 6.07) is 0. The molecule has 0 aromatic rings. The van der Waals surface area contributed by atoms with Gasteiger partial charge in [0.1, 0.15) is 11.7 Å². The number of carbonyl (C=O) groups is 2. The molecule has 0 saturated carbocycles. The molecule has 1 fully saturated rings. The highest BCUT2D eigenvalue weighted by atomic mass is 16.6. The summed E-state index contributed by atoms with van der Waals surface area (Å²) in [6.07, 6.45) is 1.91. The van der Waals surface area contributed by atoms with Gasteiger partial charge in [0.25, 0.3) is 0 Å². The van der Waals surface area contributed by atoms with Crippen molar-refractivity contribution in [1.82, 2.24) is 0 Å². The Kier molecular flexibility index (Phi) is 4.41. The third kappa shape index (κ3) is 4.00. The normalized spacial score (nSPS) is 24.1. The van der Waals surface area contributed by atoms with Crippen molar-refractivity contribution in [3.05, 3.63) is 0 Å². The van der Waals surface area contributed by atoms with Gasteiger partial charge in [-0.2, -0.15) is 0 Å². The summed E-state index contributed by atoms with van der Waals surface area (Å²) in [5, 5.41) is 0. The predicted molar refractivity (Wildman–Crippen MR) is 68.0 cm³/mol. The van der Waals surface area contributed by atoms with Crippen LogP contribution in [0.4, 0.5) is 0 Å². The van der Waals surface area contributed by atoms with E-state index in [4.69, 9.17) is 9.47 Å². The molecule has 0 N–H and O–H groups in total. The van der Waals surface area contributed by atoms with E-state index in [2.05, 4.69) is 0 Å². The summed E-state index contributed by atoms with van der Waals surface area (Å²) in [4.78, 5) is 23.6. The molecule has 1 rings (SSSR count). The molecule has 0 spiro atoms. The van der Waals surface area contributed by atoms with Crippen molar-refractivity contribution in [2.75, 3.05) is 0 Å². The van der Waals surface area contributed by atoms with Crippen molar-refractivity contribution < 1.29 is 19.1 Å². The van der Waals surface area contributed by atoms with E-state index in [9.17, 15) is 9.59 Å². The van der Waals surface area contributed by atoms with E-state index >= 15 is 0 Å². The van der Waals surface area contributed by atoms with Gasteiger partial charge in [0.15, 0.2) is 0 Å². The van der Waals surface area contributed by atoms with Crippen LogP contribution in [0.2, 0.25) is 0 Å². The van der Waals surface area contributed by atoms with Crippen molar-refractivity contribution in [3.63, 3.8) is 0 Å². The fourth-order valence-electron chi connectivity index (χ4n) is 1.75. The predicted octanol–water partition coefficient (Wildman–Crippen LogP) is 2.84. The molecular weight excluding hydrogens is 232 g/mol. The van der Waals surface area contributed by atoms with Gasteiger partial charge in [-0.25, -0.2) is 0 Å². The molecule has 4 heteroatoms. The van der Waals surface area contributed by atoms with Gasteiger partial charge in [-0.05, 0) is 47.0 Å². The van der Waals surface area contributed by atoms with Crippen LogP contribution in [0.5, 0.6) is 0 Å². The molecule has 0 amide bonds. The van der Waals surface area contributed by atoms with Crippen molar-refractivity contribution in [3.8, 4) is 0 Å². The average Bonchev–Trinajstić information content (AvgIpc) is 2.36. The van der Waals surface area contributed by atoms with E-state index in [0.29, 0.717) is 19.3 Å². The maximum atomic E-state index is 12.0. The Labute approximate surface area is 109 Å². The molecule has 1 aliphatic rings. The molecule has 0 aromatic carbocycles. The van der Waals surface area contributed by atoms with Crippen LogP contribution in [-0.2, 0) is 19.1 Å². The molecular formula is C14H24O4. The molecule has 0 aliphatic carbocycles. The third-order valence-electron chi connectivity index (χ3n) is 3.56. The van der Waals surface area contributed by atoms with E-state index in [0.717, 1.165) is 0 Å². The monoisotopic (exact) mass is 256 g/mol. The van der Waals surface area contributed by atoms with Crippen molar-refractivity contribution in [2.24, 2.45) is 5.41 Å². The first-order chi connectivity index (χ1) is 8.16. The summed E-state index contributed by atoms with van der Waals surface area (Å²) >= 11 is 0. The molecule has 4 nitrogen and oxygen atoms in total. The largest absolute Gasteiger partial charge is 0.461 e. The van der Waals surface area contributed by atoms with Crippen LogP contribution in [0.3, 0.4) is 0 Å². The van der Waals surface area contributed by atoms with Crippen LogP contribution in [0, 0.1) is 5.41 Å². The molecule has 0 aromatic heterocycles. The van der Waals surface area contributed by atoms with E-state index in [1.165, 1.54) is 0 Å². The molecule has 18 heavy (non-hydrogen) atoms. The highest BCUT2D eigenvalue weighted by Gasteiger charge is 2.35. The van der Waals surface area contributed by atoms with Crippen molar-refractivity contribution in [1.29, 1.82) is 0 Å². The van der Waals surface area contributed by atoms with Gasteiger partial charge >= 0.3 is 11.9 Å². The van der Waals surface area contributed by atoms with Gasteiger partial charge in [0, 0.05) is 0 Å². The summed E-state index contributed by atoms with van der Waals surface area (Å²) in [7, 11) is 0. The van der Waals surface area contributed by atoms with Crippen LogP contribution in [0.1, 0.15) is 60.3 Å². The molecule has 104 valence electrons. The molecule has 1 heterocycles. The topological polar surface area (TPSA) is 52.6 Å². The maximum absolute atomic E-state index is 12.0. The third-order valence-corrected chi connectivity index (χ3v) is 3.56. The van der Waals surface area contributed by atoms with Crippen LogP contribution >= 0.6 is 0 Å². The minimum atomic E-state index is -0.494. The fraction of sp³-hybridized carbons (Fsp3) is 0.857. The molecule has 1 saturated heterocycles. The van der Waals surface area contributed by atoms with Gasteiger partial charge in [-0.15, -0.1) is 0 Å². The zero-order chi connectivity index (χ0) is 14.0. The fourth-order valence-corrected chi connectivity index (χ4v) is 1.75. The first kappa shape index (κ1) is 15.0. The molecule has 1 unspecified atom stereocenters.